The van der Waals surface area contributed by atoms with E-state index in [1.807, 2.05) is 23.1 Å². The lowest BCUT2D eigenvalue weighted by molar-refractivity contribution is 0.0632. The molecule has 6 heteroatoms. The maximum absolute atomic E-state index is 13.5. The number of carbonyl (C=O) groups is 2. The van der Waals surface area contributed by atoms with E-state index in [2.05, 4.69) is 0 Å². The van der Waals surface area contributed by atoms with Gasteiger partial charge < -0.3 is 14.5 Å². The van der Waals surface area contributed by atoms with Crippen LogP contribution >= 0.6 is 0 Å². The third-order valence-electron chi connectivity index (χ3n) is 5.84. The second-order valence-corrected chi connectivity index (χ2v) is 8.11. The Balaban J connectivity index is 1.34. The monoisotopic (exact) mass is 410 g/mol. The van der Waals surface area contributed by atoms with Gasteiger partial charge in [0.05, 0.1) is 6.61 Å². The van der Waals surface area contributed by atoms with Gasteiger partial charge in [-0.1, -0.05) is 12.1 Å². The van der Waals surface area contributed by atoms with Crippen molar-refractivity contribution in [2.24, 2.45) is 5.92 Å². The molecule has 2 aromatic carbocycles. The number of piperidine rings is 1. The molecule has 0 spiro atoms. The zero-order valence-electron chi connectivity index (χ0n) is 17.1. The molecule has 2 amide bonds. The van der Waals surface area contributed by atoms with E-state index in [0.717, 1.165) is 38.8 Å². The molecule has 0 aromatic heterocycles. The number of hydrogen-bond donors (Lipinski definition) is 0. The van der Waals surface area contributed by atoms with Crippen molar-refractivity contribution < 1.29 is 18.7 Å². The zero-order valence-corrected chi connectivity index (χ0v) is 17.1. The van der Waals surface area contributed by atoms with Crippen LogP contribution in [0.3, 0.4) is 0 Å². The van der Waals surface area contributed by atoms with Gasteiger partial charge in [-0.25, -0.2) is 4.39 Å². The summed E-state index contributed by atoms with van der Waals surface area (Å²) in [5, 5.41) is 0. The van der Waals surface area contributed by atoms with Crippen molar-refractivity contribution in [2.45, 2.75) is 25.7 Å². The Morgan fingerprint density at radius 2 is 1.57 bits per heavy atom. The van der Waals surface area contributed by atoms with Crippen LogP contribution in [0.2, 0.25) is 0 Å². The van der Waals surface area contributed by atoms with Crippen LogP contribution in [0.1, 0.15) is 46.4 Å². The first-order valence-electron chi connectivity index (χ1n) is 10.7. The molecule has 0 unspecified atom stereocenters. The summed E-state index contributed by atoms with van der Waals surface area (Å²) >= 11 is 0. The second-order valence-electron chi connectivity index (χ2n) is 8.11. The Kier molecular flexibility index (Phi) is 6.31. The number of likely N-dealkylation sites (tertiary alicyclic amines) is 2. The van der Waals surface area contributed by atoms with Crippen molar-refractivity contribution in [3.63, 3.8) is 0 Å². The number of amides is 2. The molecule has 2 fully saturated rings. The van der Waals surface area contributed by atoms with Crippen molar-refractivity contribution >= 4 is 11.8 Å². The molecule has 2 heterocycles. The predicted molar refractivity (Wildman–Crippen MR) is 112 cm³/mol. The van der Waals surface area contributed by atoms with Crippen molar-refractivity contribution in [1.29, 1.82) is 0 Å². The normalized spacial score (nSPS) is 19.0. The summed E-state index contributed by atoms with van der Waals surface area (Å²) in [6.45, 7) is 3.38. The summed E-state index contributed by atoms with van der Waals surface area (Å²) in [6.07, 6.45) is 3.99. The van der Waals surface area contributed by atoms with Gasteiger partial charge in [0.2, 0.25) is 0 Å². The number of ether oxygens (including phenoxy) is 1. The Morgan fingerprint density at radius 1 is 0.900 bits per heavy atom. The Labute approximate surface area is 176 Å². The van der Waals surface area contributed by atoms with E-state index >= 15 is 0 Å². The molecule has 0 saturated carbocycles. The maximum Gasteiger partial charge on any atom is 0.253 e. The zero-order chi connectivity index (χ0) is 20.9. The number of nitrogens with zero attached hydrogens (tertiary/aromatic N) is 2. The molecule has 5 nitrogen and oxygen atoms in total. The van der Waals surface area contributed by atoms with E-state index in [9.17, 15) is 14.0 Å². The summed E-state index contributed by atoms with van der Waals surface area (Å²) in [5.74, 6) is 0.392. The summed E-state index contributed by atoms with van der Waals surface area (Å²) < 4.78 is 19.4. The summed E-state index contributed by atoms with van der Waals surface area (Å²) in [5.41, 5.74) is 1.03. The Hall–Kier alpha value is -2.89. The van der Waals surface area contributed by atoms with Crippen LogP contribution in [0.15, 0.2) is 48.5 Å². The predicted octanol–water partition coefficient (Wildman–Crippen LogP) is 3.99. The molecule has 2 saturated heterocycles. The molecule has 158 valence electrons. The molecule has 4 rings (SSSR count). The molecule has 0 bridgehead atoms. The Morgan fingerprint density at radius 3 is 2.33 bits per heavy atom. The van der Waals surface area contributed by atoms with E-state index < -0.39 is 5.82 Å². The third kappa shape index (κ3) is 4.81. The molecule has 0 radical (unpaired) electrons. The van der Waals surface area contributed by atoms with E-state index in [4.69, 9.17) is 4.74 Å². The van der Waals surface area contributed by atoms with Crippen LogP contribution < -0.4 is 4.74 Å². The lowest BCUT2D eigenvalue weighted by Crippen LogP contribution is -2.41. The molecule has 30 heavy (non-hydrogen) atoms. The molecule has 1 atom stereocenters. The Bertz CT molecular complexity index is 911. The van der Waals surface area contributed by atoms with Crippen molar-refractivity contribution in [2.75, 3.05) is 32.8 Å². The fourth-order valence-electron chi connectivity index (χ4n) is 4.23. The molecule has 2 aliphatic heterocycles. The van der Waals surface area contributed by atoms with Crippen molar-refractivity contribution in [3.8, 4) is 5.75 Å². The average Bonchev–Trinajstić information content (AvgIpc) is 3.32. The SMILES string of the molecule is O=C(c1cccc(OC[C@@H]2CCCN(C(=O)c3cccc(F)c3)C2)c1)N1CCCC1. The highest BCUT2D eigenvalue weighted by molar-refractivity contribution is 5.95. The van der Waals surface area contributed by atoms with Gasteiger partial charge in [-0.3, -0.25) is 9.59 Å². The molecule has 0 N–H and O–H groups in total. The quantitative estimate of drug-likeness (QED) is 0.749. The van der Waals surface area contributed by atoms with Crippen LogP contribution in [0.5, 0.6) is 5.75 Å². The summed E-state index contributed by atoms with van der Waals surface area (Å²) in [4.78, 5) is 28.9. The van der Waals surface area contributed by atoms with Gasteiger partial charge in [0.15, 0.2) is 0 Å². The molecule has 0 aliphatic carbocycles. The smallest absolute Gasteiger partial charge is 0.253 e. The van der Waals surface area contributed by atoms with E-state index in [1.54, 1.807) is 23.1 Å². The number of hydrogen-bond acceptors (Lipinski definition) is 3. The van der Waals surface area contributed by atoms with Gasteiger partial charge >= 0.3 is 0 Å². The van der Waals surface area contributed by atoms with Crippen LogP contribution in [-0.2, 0) is 0 Å². The highest BCUT2D eigenvalue weighted by atomic mass is 19.1. The number of carbonyl (C=O) groups excluding carboxylic acids is 2. The van der Waals surface area contributed by atoms with Gasteiger partial charge in [-0.05, 0) is 62.1 Å². The van der Waals surface area contributed by atoms with Crippen LogP contribution in [0.25, 0.3) is 0 Å². The topological polar surface area (TPSA) is 49.9 Å². The first-order chi connectivity index (χ1) is 14.6. The van der Waals surface area contributed by atoms with E-state index in [1.165, 1.54) is 12.1 Å². The minimum Gasteiger partial charge on any atom is -0.493 e. The molecular weight excluding hydrogens is 383 g/mol. The largest absolute Gasteiger partial charge is 0.493 e. The van der Waals surface area contributed by atoms with Crippen molar-refractivity contribution in [3.05, 3.63) is 65.5 Å². The van der Waals surface area contributed by atoms with Gasteiger partial charge in [-0.2, -0.15) is 0 Å². The highest BCUT2D eigenvalue weighted by Crippen LogP contribution is 2.22. The molecular formula is C24H27FN2O3. The number of halogens is 1. The average molecular weight is 410 g/mol. The van der Waals surface area contributed by atoms with Crippen LogP contribution in [0, 0.1) is 11.7 Å². The molecule has 2 aromatic rings. The molecule has 2 aliphatic rings. The summed E-state index contributed by atoms with van der Waals surface area (Å²) in [6, 6.07) is 13.2. The van der Waals surface area contributed by atoms with Gasteiger partial charge in [0.25, 0.3) is 11.8 Å². The second kappa shape index (κ2) is 9.28. The van der Waals surface area contributed by atoms with Crippen LogP contribution in [-0.4, -0.2) is 54.4 Å². The van der Waals surface area contributed by atoms with Gasteiger partial charge in [0, 0.05) is 43.2 Å². The fraction of sp³-hybridized carbons (Fsp3) is 0.417. The maximum atomic E-state index is 13.5. The van der Waals surface area contributed by atoms with Gasteiger partial charge in [-0.15, -0.1) is 0 Å². The van der Waals surface area contributed by atoms with E-state index in [-0.39, 0.29) is 17.7 Å². The minimum atomic E-state index is -0.402. The standard InChI is InChI=1S/C24H27FN2O3/c25-21-9-3-7-19(14-21)24(29)27-13-5-6-18(16-27)17-30-22-10-4-8-20(15-22)23(28)26-11-1-2-12-26/h3-4,7-10,14-15,18H,1-2,5-6,11-13,16-17H2/t18-/m1/s1. The van der Waals surface area contributed by atoms with Gasteiger partial charge in [0.1, 0.15) is 11.6 Å². The van der Waals surface area contributed by atoms with Crippen LogP contribution in [0.4, 0.5) is 4.39 Å². The third-order valence-corrected chi connectivity index (χ3v) is 5.84. The number of rotatable bonds is 5. The summed E-state index contributed by atoms with van der Waals surface area (Å²) in [7, 11) is 0. The van der Waals surface area contributed by atoms with E-state index in [0.29, 0.717) is 36.6 Å². The highest BCUT2D eigenvalue weighted by Gasteiger charge is 2.25. The fourth-order valence-corrected chi connectivity index (χ4v) is 4.23. The lowest BCUT2D eigenvalue weighted by Gasteiger charge is -2.32. The lowest BCUT2D eigenvalue weighted by atomic mass is 9.98. The first kappa shape index (κ1) is 20.4. The minimum absolute atomic E-state index is 0.0579. The van der Waals surface area contributed by atoms with Crippen molar-refractivity contribution in [1.82, 2.24) is 9.80 Å². The first-order valence-corrected chi connectivity index (χ1v) is 10.7. The number of benzene rings is 2.